The van der Waals surface area contributed by atoms with Gasteiger partial charge in [-0.25, -0.2) is 13.1 Å². The van der Waals surface area contributed by atoms with Crippen molar-refractivity contribution in [3.05, 3.63) is 29.8 Å². The number of benzene rings is 1. The summed E-state index contributed by atoms with van der Waals surface area (Å²) in [4.78, 5) is 12.6. The molecule has 2 heterocycles. The summed E-state index contributed by atoms with van der Waals surface area (Å²) >= 11 is 0. The van der Waals surface area contributed by atoms with Crippen molar-refractivity contribution in [2.24, 2.45) is 5.92 Å². The average molecular weight is 394 g/mol. The first-order valence-corrected chi connectivity index (χ1v) is 11.3. The van der Waals surface area contributed by atoms with Gasteiger partial charge in [0.1, 0.15) is 0 Å². The number of carbonyl (C=O) groups excluding carboxylic acids is 1. The molecule has 0 aliphatic carbocycles. The third-order valence-corrected chi connectivity index (χ3v) is 7.08. The third-order valence-electron chi connectivity index (χ3n) is 5.22. The van der Waals surface area contributed by atoms with Gasteiger partial charge in [0.2, 0.25) is 15.9 Å². The maximum Gasteiger partial charge on any atom is 0.241 e. The Bertz CT molecular complexity index is 774. The van der Waals surface area contributed by atoms with Crippen LogP contribution < -0.4 is 15.4 Å². The van der Waals surface area contributed by atoms with E-state index in [1.165, 1.54) is 12.8 Å². The van der Waals surface area contributed by atoms with Gasteiger partial charge in [-0.3, -0.25) is 4.79 Å². The van der Waals surface area contributed by atoms with E-state index >= 15 is 0 Å². The maximum absolute atomic E-state index is 12.7. The molecule has 0 spiro atoms. The molecule has 2 saturated heterocycles. The van der Waals surface area contributed by atoms with Gasteiger partial charge in [-0.15, -0.1) is 0 Å². The first-order chi connectivity index (χ1) is 12.6. The SMILES string of the molecule is CC(C)(C)NS(=O)(=O)c1ccccc1CNC(=O)CC1CC2CCC(C1)N2. The molecule has 2 bridgehead atoms. The first-order valence-electron chi connectivity index (χ1n) is 9.77. The molecular formula is C20H31N3O3S. The summed E-state index contributed by atoms with van der Waals surface area (Å²) in [6.07, 6.45) is 5.07. The van der Waals surface area contributed by atoms with Gasteiger partial charge in [0, 0.05) is 30.6 Å². The Kier molecular flexibility index (Phi) is 5.93. The van der Waals surface area contributed by atoms with E-state index in [-0.39, 0.29) is 17.3 Å². The highest BCUT2D eigenvalue weighted by atomic mass is 32.2. The second kappa shape index (κ2) is 7.89. The Morgan fingerprint density at radius 3 is 2.41 bits per heavy atom. The van der Waals surface area contributed by atoms with Crippen LogP contribution in [0.4, 0.5) is 0 Å². The van der Waals surface area contributed by atoms with E-state index in [0.29, 0.717) is 30.0 Å². The predicted octanol–water partition coefficient (Wildman–Crippen LogP) is 2.30. The predicted molar refractivity (Wildman–Crippen MR) is 106 cm³/mol. The van der Waals surface area contributed by atoms with Gasteiger partial charge < -0.3 is 10.6 Å². The van der Waals surface area contributed by atoms with Crippen LogP contribution in [0, 0.1) is 5.92 Å². The van der Waals surface area contributed by atoms with Gasteiger partial charge in [-0.1, -0.05) is 18.2 Å². The molecular weight excluding hydrogens is 362 g/mol. The Morgan fingerprint density at radius 2 is 1.78 bits per heavy atom. The number of rotatable bonds is 6. The molecule has 1 aromatic carbocycles. The summed E-state index contributed by atoms with van der Waals surface area (Å²) < 4.78 is 28.0. The number of carbonyl (C=O) groups is 1. The van der Waals surface area contributed by atoms with Crippen molar-refractivity contribution in [1.82, 2.24) is 15.4 Å². The monoisotopic (exact) mass is 393 g/mol. The van der Waals surface area contributed by atoms with Gasteiger partial charge in [0.05, 0.1) is 4.90 Å². The molecule has 2 fully saturated rings. The molecule has 1 amide bonds. The van der Waals surface area contributed by atoms with Crippen LogP contribution in [0.25, 0.3) is 0 Å². The van der Waals surface area contributed by atoms with Gasteiger partial charge in [-0.2, -0.15) is 0 Å². The van der Waals surface area contributed by atoms with E-state index in [4.69, 9.17) is 0 Å². The minimum atomic E-state index is -3.64. The lowest BCUT2D eigenvalue weighted by atomic mass is 9.89. The molecule has 2 atom stereocenters. The quantitative estimate of drug-likeness (QED) is 0.692. The highest BCUT2D eigenvalue weighted by Gasteiger charge is 2.34. The van der Waals surface area contributed by atoms with Gasteiger partial charge in [-0.05, 0) is 64.0 Å². The topological polar surface area (TPSA) is 87.3 Å². The second-order valence-corrected chi connectivity index (χ2v) is 10.6. The Labute approximate surface area is 162 Å². The minimum Gasteiger partial charge on any atom is -0.352 e. The molecule has 0 saturated carbocycles. The van der Waals surface area contributed by atoms with E-state index in [0.717, 1.165) is 12.8 Å². The van der Waals surface area contributed by atoms with Gasteiger partial charge in [0.15, 0.2) is 0 Å². The summed E-state index contributed by atoms with van der Waals surface area (Å²) in [5.74, 6) is 0.419. The number of hydrogen-bond acceptors (Lipinski definition) is 4. The first kappa shape index (κ1) is 20.3. The lowest BCUT2D eigenvalue weighted by Crippen LogP contribution is -2.41. The van der Waals surface area contributed by atoms with E-state index < -0.39 is 15.6 Å². The van der Waals surface area contributed by atoms with E-state index in [1.807, 2.05) is 0 Å². The molecule has 27 heavy (non-hydrogen) atoms. The normalized spacial score (nSPS) is 25.4. The minimum absolute atomic E-state index is 0.00252. The number of amides is 1. The van der Waals surface area contributed by atoms with Crippen LogP contribution >= 0.6 is 0 Å². The van der Waals surface area contributed by atoms with Crippen molar-refractivity contribution in [3.8, 4) is 0 Å². The smallest absolute Gasteiger partial charge is 0.241 e. The fraction of sp³-hybridized carbons (Fsp3) is 0.650. The summed E-state index contributed by atoms with van der Waals surface area (Å²) in [5.41, 5.74) is 0.0387. The molecule has 6 nitrogen and oxygen atoms in total. The molecule has 0 aromatic heterocycles. The fourth-order valence-corrected chi connectivity index (χ4v) is 5.90. The van der Waals surface area contributed by atoms with Crippen molar-refractivity contribution in [3.63, 3.8) is 0 Å². The molecule has 2 aliphatic rings. The van der Waals surface area contributed by atoms with Crippen molar-refractivity contribution in [1.29, 1.82) is 0 Å². The summed E-state index contributed by atoms with van der Waals surface area (Å²) in [6, 6.07) is 7.96. The Morgan fingerprint density at radius 1 is 1.15 bits per heavy atom. The van der Waals surface area contributed by atoms with Gasteiger partial charge in [0.25, 0.3) is 0 Å². The van der Waals surface area contributed by atoms with Crippen LogP contribution in [0.1, 0.15) is 58.4 Å². The lowest BCUT2D eigenvalue weighted by Gasteiger charge is -2.28. The van der Waals surface area contributed by atoms with Crippen LogP contribution in [0.3, 0.4) is 0 Å². The van der Waals surface area contributed by atoms with Crippen LogP contribution in [0.15, 0.2) is 29.2 Å². The number of nitrogens with one attached hydrogen (secondary N) is 3. The molecule has 1 aromatic rings. The van der Waals surface area contributed by atoms with Gasteiger partial charge >= 0.3 is 0 Å². The highest BCUT2D eigenvalue weighted by molar-refractivity contribution is 7.89. The van der Waals surface area contributed by atoms with Crippen molar-refractivity contribution >= 4 is 15.9 Å². The number of piperidine rings is 1. The summed E-state index contributed by atoms with van der Waals surface area (Å²) in [5, 5.41) is 6.51. The van der Waals surface area contributed by atoms with Crippen molar-refractivity contribution in [2.45, 2.75) is 81.9 Å². The molecule has 0 radical (unpaired) electrons. The number of fused-ring (bicyclic) bond motifs is 2. The Hall–Kier alpha value is -1.44. The van der Waals surface area contributed by atoms with Crippen LogP contribution in [0.5, 0.6) is 0 Å². The number of sulfonamides is 1. The van der Waals surface area contributed by atoms with Crippen molar-refractivity contribution in [2.75, 3.05) is 0 Å². The molecule has 3 rings (SSSR count). The lowest BCUT2D eigenvalue weighted by molar-refractivity contribution is -0.122. The van der Waals surface area contributed by atoms with Crippen LogP contribution in [-0.2, 0) is 21.4 Å². The van der Waals surface area contributed by atoms with Crippen molar-refractivity contribution < 1.29 is 13.2 Å². The zero-order valence-corrected chi connectivity index (χ0v) is 17.2. The standard InChI is InChI=1S/C20H31N3O3S/c1-20(2,3)23-27(25,26)18-7-5-4-6-15(18)13-21-19(24)12-14-10-16-8-9-17(11-14)22-16/h4-7,14,16-17,22-23H,8-13H2,1-3H3,(H,21,24). The van der Waals surface area contributed by atoms with E-state index in [9.17, 15) is 13.2 Å². The molecule has 3 N–H and O–H groups in total. The molecule has 7 heteroatoms. The Balaban J connectivity index is 1.60. The van der Waals surface area contributed by atoms with E-state index in [2.05, 4.69) is 15.4 Å². The van der Waals surface area contributed by atoms with Crippen LogP contribution in [0.2, 0.25) is 0 Å². The maximum atomic E-state index is 12.7. The fourth-order valence-electron chi connectivity index (χ4n) is 4.24. The van der Waals surface area contributed by atoms with E-state index in [1.54, 1.807) is 45.0 Å². The zero-order valence-electron chi connectivity index (χ0n) is 16.4. The highest BCUT2D eigenvalue weighted by Crippen LogP contribution is 2.32. The average Bonchev–Trinajstić information content (AvgIpc) is 2.89. The van der Waals surface area contributed by atoms with Crippen LogP contribution in [-0.4, -0.2) is 31.9 Å². The summed E-state index contributed by atoms with van der Waals surface area (Å²) in [6.45, 7) is 5.64. The molecule has 2 unspecified atom stereocenters. The second-order valence-electron chi connectivity index (χ2n) is 8.92. The third kappa shape index (κ3) is 5.53. The molecule has 2 aliphatic heterocycles. The number of hydrogen-bond donors (Lipinski definition) is 3. The molecule has 150 valence electrons. The largest absolute Gasteiger partial charge is 0.352 e. The zero-order chi connectivity index (χ0) is 19.7. The summed E-state index contributed by atoms with van der Waals surface area (Å²) in [7, 11) is -3.64.